The van der Waals surface area contributed by atoms with Crippen LogP contribution in [0.15, 0.2) is 30.9 Å². The van der Waals surface area contributed by atoms with Gasteiger partial charge in [-0.15, -0.1) is 0 Å². The molecule has 2 rings (SSSR count). The van der Waals surface area contributed by atoms with E-state index in [2.05, 4.69) is 33.6 Å². The van der Waals surface area contributed by atoms with Crippen LogP contribution in [0.5, 0.6) is 0 Å². The zero-order chi connectivity index (χ0) is 12.8. The first-order valence-corrected chi connectivity index (χ1v) is 6.18. The van der Waals surface area contributed by atoms with Crippen LogP contribution in [0.2, 0.25) is 0 Å². The van der Waals surface area contributed by atoms with E-state index in [1.165, 1.54) is 0 Å². The van der Waals surface area contributed by atoms with E-state index in [-0.39, 0.29) is 0 Å². The molecule has 96 valence electrons. The zero-order valence-electron chi connectivity index (χ0n) is 10.8. The van der Waals surface area contributed by atoms with Crippen molar-refractivity contribution in [2.75, 3.05) is 23.7 Å². The number of pyridine rings is 1. The minimum absolute atomic E-state index is 0.849. The molecule has 0 amide bonds. The summed E-state index contributed by atoms with van der Waals surface area (Å²) in [6.45, 7) is 3.82. The van der Waals surface area contributed by atoms with Gasteiger partial charge in [-0.1, -0.05) is 0 Å². The molecule has 0 saturated carbocycles. The van der Waals surface area contributed by atoms with E-state index in [0.717, 1.165) is 36.7 Å². The molecule has 2 aromatic heterocycles. The molecule has 18 heavy (non-hydrogen) atoms. The van der Waals surface area contributed by atoms with Gasteiger partial charge in [-0.3, -0.25) is 4.98 Å². The first-order chi connectivity index (χ1) is 8.79. The Morgan fingerprint density at radius 2 is 2.00 bits per heavy atom. The summed E-state index contributed by atoms with van der Waals surface area (Å²) in [7, 11) is 2.01. The Kier molecular flexibility index (Phi) is 4.17. The normalized spacial score (nSPS) is 10.3. The molecule has 5 nitrogen and oxygen atoms in total. The maximum absolute atomic E-state index is 4.29. The summed E-state index contributed by atoms with van der Waals surface area (Å²) in [5.74, 6) is 1.08. The second-order valence-electron chi connectivity index (χ2n) is 4.12. The Morgan fingerprint density at radius 3 is 2.67 bits per heavy atom. The number of hydrogen-bond donors (Lipinski definition) is 2. The molecule has 0 aliphatic rings. The number of nitrogens with one attached hydrogen (secondary N) is 2. The van der Waals surface area contributed by atoms with Crippen LogP contribution in [0.25, 0.3) is 0 Å². The van der Waals surface area contributed by atoms with Crippen LogP contribution in [0, 0.1) is 0 Å². The quantitative estimate of drug-likeness (QED) is 0.816. The summed E-state index contributed by atoms with van der Waals surface area (Å²) in [4.78, 5) is 8.48. The average molecular weight is 245 g/mol. The SMILES string of the molecule is CCNc1cncc(NCCc2nccn2C)c1. The van der Waals surface area contributed by atoms with Gasteiger partial charge in [0.2, 0.25) is 0 Å². The number of imidazole rings is 1. The molecule has 0 aliphatic heterocycles. The number of hydrogen-bond acceptors (Lipinski definition) is 4. The third kappa shape index (κ3) is 3.23. The van der Waals surface area contributed by atoms with Crippen LogP contribution in [0.4, 0.5) is 11.4 Å². The molecular weight excluding hydrogens is 226 g/mol. The van der Waals surface area contributed by atoms with Gasteiger partial charge in [0, 0.05) is 39.0 Å². The molecule has 2 heterocycles. The number of aryl methyl sites for hydroxylation is 1. The summed E-state index contributed by atoms with van der Waals surface area (Å²) in [6, 6.07) is 2.06. The van der Waals surface area contributed by atoms with Gasteiger partial charge in [-0.25, -0.2) is 4.98 Å². The Balaban J connectivity index is 1.86. The van der Waals surface area contributed by atoms with Gasteiger partial charge in [-0.05, 0) is 13.0 Å². The highest BCUT2D eigenvalue weighted by Crippen LogP contribution is 2.12. The first-order valence-electron chi connectivity index (χ1n) is 6.18. The van der Waals surface area contributed by atoms with Gasteiger partial charge in [-0.2, -0.15) is 0 Å². The fourth-order valence-corrected chi connectivity index (χ4v) is 1.79. The standard InChI is InChI=1S/C13H19N5/c1-3-15-11-8-12(10-14-9-11)16-5-4-13-17-6-7-18(13)2/h6-10,15-16H,3-5H2,1-2H3. The van der Waals surface area contributed by atoms with E-state index >= 15 is 0 Å². The van der Waals surface area contributed by atoms with Crippen molar-refractivity contribution in [1.82, 2.24) is 14.5 Å². The second-order valence-corrected chi connectivity index (χ2v) is 4.12. The summed E-state index contributed by atoms with van der Waals surface area (Å²) >= 11 is 0. The van der Waals surface area contributed by atoms with Gasteiger partial charge < -0.3 is 15.2 Å². The Morgan fingerprint density at radius 1 is 1.22 bits per heavy atom. The molecule has 2 aromatic rings. The van der Waals surface area contributed by atoms with Crippen LogP contribution in [-0.2, 0) is 13.5 Å². The molecule has 0 atom stereocenters. The lowest BCUT2D eigenvalue weighted by atomic mass is 10.3. The number of aromatic nitrogens is 3. The largest absolute Gasteiger partial charge is 0.384 e. The molecule has 0 fully saturated rings. The van der Waals surface area contributed by atoms with Crippen LogP contribution in [-0.4, -0.2) is 27.6 Å². The minimum atomic E-state index is 0.849. The Bertz CT molecular complexity index is 492. The topological polar surface area (TPSA) is 54.8 Å². The van der Waals surface area contributed by atoms with Gasteiger partial charge in [0.15, 0.2) is 0 Å². The molecule has 5 heteroatoms. The molecule has 0 unspecified atom stereocenters. The van der Waals surface area contributed by atoms with E-state index in [1.807, 2.05) is 36.4 Å². The van der Waals surface area contributed by atoms with Crippen molar-refractivity contribution in [3.8, 4) is 0 Å². The van der Waals surface area contributed by atoms with E-state index < -0.39 is 0 Å². The molecule has 0 aliphatic carbocycles. The molecule has 0 spiro atoms. The van der Waals surface area contributed by atoms with Crippen molar-refractivity contribution in [2.45, 2.75) is 13.3 Å². The van der Waals surface area contributed by atoms with Gasteiger partial charge in [0.25, 0.3) is 0 Å². The van der Waals surface area contributed by atoms with Crippen LogP contribution in [0.1, 0.15) is 12.7 Å². The number of anilines is 2. The number of rotatable bonds is 6. The summed E-state index contributed by atoms with van der Waals surface area (Å²) < 4.78 is 2.04. The zero-order valence-corrected chi connectivity index (χ0v) is 10.8. The van der Waals surface area contributed by atoms with E-state index in [1.54, 1.807) is 0 Å². The van der Waals surface area contributed by atoms with Gasteiger partial charge in [0.05, 0.1) is 23.8 Å². The molecule has 0 radical (unpaired) electrons. The minimum Gasteiger partial charge on any atom is -0.384 e. The van der Waals surface area contributed by atoms with Crippen LogP contribution >= 0.6 is 0 Å². The molecule has 2 N–H and O–H groups in total. The first kappa shape index (κ1) is 12.4. The fraction of sp³-hybridized carbons (Fsp3) is 0.385. The molecule has 0 bridgehead atoms. The molecular formula is C13H19N5. The summed E-state index contributed by atoms with van der Waals surface area (Å²) in [5, 5.41) is 6.60. The Labute approximate surface area is 107 Å². The lowest BCUT2D eigenvalue weighted by Crippen LogP contribution is -2.09. The highest BCUT2D eigenvalue weighted by Gasteiger charge is 1.99. The third-order valence-corrected chi connectivity index (χ3v) is 2.72. The smallest absolute Gasteiger partial charge is 0.110 e. The van der Waals surface area contributed by atoms with Crippen molar-refractivity contribution in [2.24, 2.45) is 7.05 Å². The average Bonchev–Trinajstić information content (AvgIpc) is 2.76. The molecule has 0 saturated heterocycles. The summed E-state index contributed by atoms with van der Waals surface area (Å²) in [5.41, 5.74) is 2.07. The number of nitrogens with zero attached hydrogens (tertiary/aromatic N) is 3. The molecule has 0 aromatic carbocycles. The van der Waals surface area contributed by atoms with Gasteiger partial charge >= 0.3 is 0 Å². The highest BCUT2D eigenvalue weighted by atomic mass is 15.0. The maximum Gasteiger partial charge on any atom is 0.110 e. The maximum atomic E-state index is 4.29. The van der Waals surface area contributed by atoms with E-state index in [4.69, 9.17) is 0 Å². The van der Waals surface area contributed by atoms with Crippen LogP contribution in [0.3, 0.4) is 0 Å². The lowest BCUT2D eigenvalue weighted by Gasteiger charge is -2.08. The highest BCUT2D eigenvalue weighted by molar-refractivity contribution is 5.53. The fourth-order valence-electron chi connectivity index (χ4n) is 1.79. The van der Waals surface area contributed by atoms with Crippen molar-refractivity contribution >= 4 is 11.4 Å². The lowest BCUT2D eigenvalue weighted by molar-refractivity contribution is 0.789. The van der Waals surface area contributed by atoms with E-state index in [9.17, 15) is 0 Å². The van der Waals surface area contributed by atoms with Crippen molar-refractivity contribution < 1.29 is 0 Å². The van der Waals surface area contributed by atoms with Crippen molar-refractivity contribution in [1.29, 1.82) is 0 Å². The second kappa shape index (κ2) is 6.05. The predicted octanol–water partition coefficient (Wildman–Crippen LogP) is 1.90. The third-order valence-electron chi connectivity index (χ3n) is 2.72. The van der Waals surface area contributed by atoms with Crippen LogP contribution < -0.4 is 10.6 Å². The predicted molar refractivity (Wildman–Crippen MR) is 73.8 cm³/mol. The van der Waals surface area contributed by atoms with Gasteiger partial charge in [0.1, 0.15) is 5.82 Å². The summed E-state index contributed by atoms with van der Waals surface area (Å²) in [6.07, 6.45) is 8.34. The van der Waals surface area contributed by atoms with Crippen molar-refractivity contribution in [3.63, 3.8) is 0 Å². The van der Waals surface area contributed by atoms with E-state index in [0.29, 0.717) is 0 Å². The monoisotopic (exact) mass is 245 g/mol. The Hall–Kier alpha value is -2.04. The van der Waals surface area contributed by atoms with Crippen molar-refractivity contribution in [3.05, 3.63) is 36.7 Å².